The lowest BCUT2D eigenvalue weighted by molar-refractivity contribution is -0.384. The highest BCUT2D eigenvalue weighted by Gasteiger charge is 2.27. The molecule has 146 valence electrons. The highest BCUT2D eigenvalue weighted by molar-refractivity contribution is 6.06. The average molecular weight is 389 g/mol. The predicted octanol–water partition coefficient (Wildman–Crippen LogP) is 4.22. The summed E-state index contributed by atoms with van der Waals surface area (Å²) < 4.78 is 0. The van der Waals surface area contributed by atoms with Crippen molar-refractivity contribution in [3.63, 3.8) is 0 Å². The van der Waals surface area contributed by atoms with E-state index in [2.05, 4.69) is 4.90 Å². The first-order valence-corrected chi connectivity index (χ1v) is 9.30. The van der Waals surface area contributed by atoms with Crippen LogP contribution >= 0.6 is 0 Å². The number of non-ortho nitro benzene ring substituents is 1. The Morgan fingerprint density at radius 2 is 1.93 bits per heavy atom. The quantitative estimate of drug-likeness (QED) is 0.530. The molecule has 7 nitrogen and oxygen atoms in total. The van der Waals surface area contributed by atoms with E-state index in [1.807, 2.05) is 31.2 Å². The fourth-order valence-corrected chi connectivity index (χ4v) is 3.74. The molecule has 0 aliphatic carbocycles. The number of hydrogen-bond acceptors (Lipinski definition) is 5. The minimum atomic E-state index is -0.965. The van der Waals surface area contributed by atoms with Gasteiger partial charge < -0.3 is 5.11 Å². The van der Waals surface area contributed by atoms with Crippen LogP contribution in [0, 0.1) is 10.1 Å². The second-order valence-electron chi connectivity index (χ2n) is 6.96. The number of nitrogens with zero attached hydrogens (tertiary/aromatic N) is 3. The van der Waals surface area contributed by atoms with Gasteiger partial charge in [-0.25, -0.2) is 9.78 Å². The standard InChI is InChI=1S/C22H19N3O4/c1-2-24-12-15(11-14-7-9-16(10-8-14)25(28)29)21-18(13-24)20(22(26)27)17-5-3-4-6-19(17)23-21/h3-11H,2,12-13H2,1H3,(H,26,27). The number of aromatic carboxylic acids is 1. The Morgan fingerprint density at radius 1 is 1.21 bits per heavy atom. The van der Waals surface area contributed by atoms with Gasteiger partial charge in [-0.1, -0.05) is 25.1 Å². The summed E-state index contributed by atoms with van der Waals surface area (Å²) in [6, 6.07) is 13.6. The number of carboxylic acid groups (broad SMARTS) is 1. The zero-order valence-electron chi connectivity index (χ0n) is 15.8. The molecule has 0 bridgehead atoms. The maximum Gasteiger partial charge on any atom is 0.336 e. The van der Waals surface area contributed by atoms with Crippen molar-refractivity contribution in [3.05, 3.63) is 81.0 Å². The number of nitro benzene ring substituents is 1. The first kappa shape index (κ1) is 18.8. The summed E-state index contributed by atoms with van der Waals surface area (Å²) in [7, 11) is 0. The number of benzene rings is 2. The third-order valence-electron chi connectivity index (χ3n) is 5.18. The Hall–Kier alpha value is -3.58. The molecule has 0 amide bonds. The summed E-state index contributed by atoms with van der Waals surface area (Å²) in [6.45, 7) is 3.94. The van der Waals surface area contributed by atoms with E-state index >= 15 is 0 Å². The number of fused-ring (bicyclic) bond motifs is 2. The molecule has 0 radical (unpaired) electrons. The molecule has 0 fully saturated rings. The molecule has 1 aromatic heterocycles. The molecule has 4 rings (SSSR count). The van der Waals surface area contributed by atoms with E-state index in [1.165, 1.54) is 12.1 Å². The first-order chi connectivity index (χ1) is 14.0. The average Bonchev–Trinajstić information content (AvgIpc) is 2.72. The Bertz CT molecular complexity index is 1150. The van der Waals surface area contributed by atoms with Crippen molar-refractivity contribution < 1.29 is 14.8 Å². The lowest BCUT2D eigenvalue weighted by atomic mass is 9.92. The van der Waals surface area contributed by atoms with E-state index in [0.717, 1.165) is 17.7 Å². The van der Waals surface area contributed by atoms with Crippen LogP contribution in [0.4, 0.5) is 5.69 Å². The lowest BCUT2D eigenvalue weighted by Gasteiger charge is -2.30. The normalized spacial score (nSPS) is 15.4. The number of carboxylic acids is 1. The zero-order valence-corrected chi connectivity index (χ0v) is 15.8. The van der Waals surface area contributed by atoms with Gasteiger partial charge in [0.05, 0.1) is 21.7 Å². The van der Waals surface area contributed by atoms with Gasteiger partial charge in [-0.3, -0.25) is 15.0 Å². The molecule has 0 saturated carbocycles. The smallest absolute Gasteiger partial charge is 0.336 e. The van der Waals surface area contributed by atoms with Crippen molar-refractivity contribution in [2.24, 2.45) is 0 Å². The third-order valence-corrected chi connectivity index (χ3v) is 5.18. The molecule has 0 unspecified atom stereocenters. The van der Waals surface area contributed by atoms with Crippen LogP contribution in [0.1, 0.15) is 34.1 Å². The molecular weight excluding hydrogens is 370 g/mol. The minimum Gasteiger partial charge on any atom is -0.478 e. The first-order valence-electron chi connectivity index (χ1n) is 9.30. The van der Waals surface area contributed by atoms with Crippen LogP contribution in [0.25, 0.3) is 22.6 Å². The Labute approximate surface area is 167 Å². The Kier molecular flexibility index (Phi) is 4.82. The van der Waals surface area contributed by atoms with E-state index in [0.29, 0.717) is 40.8 Å². The summed E-state index contributed by atoms with van der Waals surface area (Å²) >= 11 is 0. The zero-order chi connectivity index (χ0) is 20.5. The van der Waals surface area contributed by atoms with E-state index in [1.54, 1.807) is 18.2 Å². The van der Waals surface area contributed by atoms with Crippen molar-refractivity contribution in [2.45, 2.75) is 13.5 Å². The number of hydrogen-bond donors (Lipinski definition) is 1. The summed E-state index contributed by atoms with van der Waals surface area (Å²) in [5.41, 5.74) is 4.06. The molecule has 0 saturated heterocycles. The van der Waals surface area contributed by atoms with Crippen LogP contribution in [-0.4, -0.2) is 39.0 Å². The van der Waals surface area contributed by atoms with Crippen molar-refractivity contribution in [1.82, 2.24) is 9.88 Å². The molecule has 7 heteroatoms. The van der Waals surface area contributed by atoms with E-state index in [-0.39, 0.29) is 5.69 Å². The maximum atomic E-state index is 12.1. The number of nitro groups is 1. The SMILES string of the molecule is CCN1CC(=Cc2ccc([N+](=O)[O-])cc2)c2nc3ccccc3c(C(=O)O)c2C1. The van der Waals surface area contributed by atoms with E-state index in [9.17, 15) is 20.0 Å². The maximum absolute atomic E-state index is 12.1. The Balaban J connectivity index is 1.91. The van der Waals surface area contributed by atoms with Gasteiger partial charge in [0, 0.05) is 36.2 Å². The molecule has 1 aliphatic rings. The van der Waals surface area contributed by atoms with Crippen molar-refractivity contribution in [3.8, 4) is 0 Å². The number of pyridine rings is 1. The van der Waals surface area contributed by atoms with Crippen LogP contribution in [0.2, 0.25) is 0 Å². The van der Waals surface area contributed by atoms with Gasteiger partial charge in [0.15, 0.2) is 0 Å². The molecule has 1 N–H and O–H groups in total. The second-order valence-corrected chi connectivity index (χ2v) is 6.96. The Morgan fingerprint density at radius 3 is 2.59 bits per heavy atom. The largest absolute Gasteiger partial charge is 0.478 e. The third kappa shape index (κ3) is 3.48. The molecule has 3 aromatic rings. The van der Waals surface area contributed by atoms with Crippen molar-refractivity contribution in [2.75, 3.05) is 13.1 Å². The van der Waals surface area contributed by atoms with Crippen molar-refractivity contribution in [1.29, 1.82) is 0 Å². The van der Waals surface area contributed by atoms with E-state index in [4.69, 9.17) is 4.98 Å². The summed E-state index contributed by atoms with van der Waals surface area (Å²) in [6.07, 6.45) is 1.93. The molecule has 0 spiro atoms. The molecule has 29 heavy (non-hydrogen) atoms. The lowest BCUT2D eigenvalue weighted by Crippen LogP contribution is -2.31. The number of carbonyl (C=O) groups is 1. The summed E-state index contributed by atoms with van der Waals surface area (Å²) in [4.78, 5) is 29.5. The van der Waals surface area contributed by atoms with Crippen LogP contribution < -0.4 is 0 Å². The van der Waals surface area contributed by atoms with Gasteiger partial charge in [-0.2, -0.15) is 0 Å². The van der Waals surface area contributed by atoms with Crippen LogP contribution in [-0.2, 0) is 6.54 Å². The van der Waals surface area contributed by atoms with Gasteiger partial charge in [0.2, 0.25) is 0 Å². The minimum absolute atomic E-state index is 0.0312. The van der Waals surface area contributed by atoms with Crippen LogP contribution in [0.15, 0.2) is 48.5 Å². The molecule has 0 atom stereocenters. The van der Waals surface area contributed by atoms with Gasteiger partial charge in [0.1, 0.15) is 0 Å². The molecular formula is C22H19N3O4. The molecule has 1 aliphatic heterocycles. The molecule has 2 heterocycles. The van der Waals surface area contributed by atoms with Gasteiger partial charge in [-0.15, -0.1) is 0 Å². The van der Waals surface area contributed by atoms with Crippen LogP contribution in [0.3, 0.4) is 0 Å². The predicted molar refractivity (Wildman–Crippen MR) is 111 cm³/mol. The van der Waals surface area contributed by atoms with E-state index < -0.39 is 10.9 Å². The summed E-state index contributed by atoms with van der Waals surface area (Å²) in [5.74, 6) is -0.965. The number of para-hydroxylation sites is 1. The monoisotopic (exact) mass is 389 g/mol. The highest BCUT2D eigenvalue weighted by atomic mass is 16.6. The fourth-order valence-electron chi connectivity index (χ4n) is 3.74. The van der Waals surface area contributed by atoms with Crippen molar-refractivity contribution >= 4 is 34.2 Å². The number of rotatable bonds is 4. The molecule has 2 aromatic carbocycles. The number of aromatic nitrogens is 1. The topological polar surface area (TPSA) is 96.6 Å². The van der Waals surface area contributed by atoms with Gasteiger partial charge in [-0.05, 0) is 42.0 Å². The fraction of sp³-hybridized carbons (Fsp3) is 0.182. The highest BCUT2D eigenvalue weighted by Crippen LogP contribution is 2.34. The second kappa shape index (κ2) is 7.44. The van der Waals surface area contributed by atoms with Gasteiger partial charge >= 0.3 is 5.97 Å². The van der Waals surface area contributed by atoms with Gasteiger partial charge in [0.25, 0.3) is 5.69 Å². The van der Waals surface area contributed by atoms with Crippen LogP contribution in [0.5, 0.6) is 0 Å². The summed E-state index contributed by atoms with van der Waals surface area (Å²) in [5, 5.41) is 21.4. The number of likely N-dealkylation sites (N-methyl/N-ethyl adjacent to an activating group) is 1.